The lowest BCUT2D eigenvalue weighted by molar-refractivity contribution is 0.420. The van der Waals surface area contributed by atoms with E-state index < -0.39 is 0 Å². The second kappa shape index (κ2) is 3.48. The van der Waals surface area contributed by atoms with Gasteiger partial charge in [-0.15, -0.1) is 0 Å². The summed E-state index contributed by atoms with van der Waals surface area (Å²) in [6.07, 6.45) is 3.80. The van der Waals surface area contributed by atoms with Gasteiger partial charge >= 0.3 is 0 Å². The molecule has 0 radical (unpaired) electrons. The molecule has 3 heteroatoms. The third kappa shape index (κ3) is 1.25. The lowest BCUT2D eigenvalue weighted by Crippen LogP contribution is -1.87. The monoisotopic (exact) mass is 226 g/mol. The van der Waals surface area contributed by atoms with Crippen molar-refractivity contribution in [3.05, 3.63) is 36.2 Å². The van der Waals surface area contributed by atoms with Crippen molar-refractivity contribution in [3.63, 3.8) is 0 Å². The van der Waals surface area contributed by atoms with Crippen LogP contribution in [0.1, 0.15) is 5.56 Å². The van der Waals surface area contributed by atoms with E-state index in [1.165, 1.54) is 21.9 Å². The van der Waals surface area contributed by atoms with Gasteiger partial charge in [-0.3, -0.25) is 4.98 Å². The van der Waals surface area contributed by atoms with E-state index in [2.05, 4.69) is 29.6 Å². The first-order chi connectivity index (χ1) is 8.24. The first kappa shape index (κ1) is 10.1. The molecule has 2 aromatic heterocycles. The number of aromatic nitrogens is 2. The Hall–Kier alpha value is -2.03. The number of methoxy groups -OCH3 is 1. The normalized spacial score (nSPS) is 11.2. The predicted molar refractivity (Wildman–Crippen MR) is 69.5 cm³/mol. The second-order valence-electron chi connectivity index (χ2n) is 4.26. The van der Waals surface area contributed by atoms with Crippen LogP contribution in [0, 0.1) is 6.92 Å². The van der Waals surface area contributed by atoms with Crippen LogP contribution in [-0.4, -0.2) is 16.7 Å². The molecule has 0 amide bonds. The second-order valence-corrected chi connectivity index (χ2v) is 4.26. The lowest BCUT2D eigenvalue weighted by Gasteiger charge is -2.02. The van der Waals surface area contributed by atoms with Crippen molar-refractivity contribution in [1.82, 2.24) is 9.55 Å². The fourth-order valence-electron chi connectivity index (χ4n) is 2.48. The molecule has 3 aromatic rings. The standard InChI is InChI=1S/C14H14N2O/c1-9-7-15-8-11-13(9)14-10(16(11)2)5-4-6-12(14)17-3/h4-8H,1-3H3. The van der Waals surface area contributed by atoms with Crippen molar-refractivity contribution in [3.8, 4) is 5.75 Å². The minimum Gasteiger partial charge on any atom is -0.496 e. The highest BCUT2D eigenvalue weighted by Gasteiger charge is 2.13. The minimum atomic E-state index is 0.919. The van der Waals surface area contributed by atoms with Crippen molar-refractivity contribution < 1.29 is 4.74 Å². The van der Waals surface area contributed by atoms with Gasteiger partial charge in [-0.25, -0.2) is 0 Å². The van der Waals surface area contributed by atoms with Crippen LogP contribution in [0.5, 0.6) is 5.75 Å². The maximum absolute atomic E-state index is 5.47. The first-order valence-electron chi connectivity index (χ1n) is 5.59. The summed E-state index contributed by atoms with van der Waals surface area (Å²) in [4.78, 5) is 4.26. The van der Waals surface area contributed by atoms with Crippen LogP contribution in [-0.2, 0) is 7.05 Å². The summed E-state index contributed by atoms with van der Waals surface area (Å²) in [5, 5.41) is 2.40. The van der Waals surface area contributed by atoms with Gasteiger partial charge in [-0.05, 0) is 24.6 Å². The van der Waals surface area contributed by atoms with Gasteiger partial charge in [-0.1, -0.05) is 6.07 Å². The van der Waals surface area contributed by atoms with Crippen molar-refractivity contribution in [1.29, 1.82) is 0 Å². The number of hydrogen-bond acceptors (Lipinski definition) is 2. The van der Waals surface area contributed by atoms with Gasteiger partial charge in [0.05, 0.1) is 24.3 Å². The molecular weight excluding hydrogens is 212 g/mol. The van der Waals surface area contributed by atoms with E-state index >= 15 is 0 Å². The van der Waals surface area contributed by atoms with Crippen LogP contribution >= 0.6 is 0 Å². The van der Waals surface area contributed by atoms with Crippen molar-refractivity contribution in [2.45, 2.75) is 6.92 Å². The zero-order chi connectivity index (χ0) is 12.0. The summed E-state index contributed by atoms with van der Waals surface area (Å²) in [7, 11) is 3.77. The number of hydrogen-bond donors (Lipinski definition) is 0. The fraction of sp³-hybridized carbons (Fsp3) is 0.214. The molecule has 1 aromatic carbocycles. The highest BCUT2D eigenvalue weighted by molar-refractivity contribution is 6.12. The van der Waals surface area contributed by atoms with Crippen molar-refractivity contribution in [2.75, 3.05) is 7.11 Å². The molecule has 0 spiro atoms. The summed E-state index contributed by atoms with van der Waals surface area (Å²) in [5.41, 5.74) is 3.50. The molecule has 0 N–H and O–H groups in total. The van der Waals surface area contributed by atoms with Gasteiger partial charge in [-0.2, -0.15) is 0 Å². The van der Waals surface area contributed by atoms with Crippen molar-refractivity contribution >= 4 is 21.8 Å². The zero-order valence-electron chi connectivity index (χ0n) is 10.2. The van der Waals surface area contributed by atoms with Crippen LogP contribution in [0.2, 0.25) is 0 Å². The van der Waals surface area contributed by atoms with Gasteiger partial charge in [0.15, 0.2) is 0 Å². The number of aryl methyl sites for hydroxylation is 2. The molecule has 0 aliphatic carbocycles. The number of nitrogens with zero attached hydrogens (tertiary/aromatic N) is 2. The summed E-state index contributed by atoms with van der Waals surface area (Å²) < 4.78 is 7.63. The van der Waals surface area contributed by atoms with E-state index in [1.807, 2.05) is 24.5 Å². The molecule has 17 heavy (non-hydrogen) atoms. The fourth-order valence-corrected chi connectivity index (χ4v) is 2.48. The van der Waals surface area contributed by atoms with E-state index in [4.69, 9.17) is 4.74 Å². The van der Waals surface area contributed by atoms with Crippen LogP contribution in [0.25, 0.3) is 21.8 Å². The Bertz CT molecular complexity index is 713. The summed E-state index contributed by atoms with van der Waals surface area (Å²) in [6.45, 7) is 2.08. The third-order valence-electron chi connectivity index (χ3n) is 3.31. The molecule has 0 aliphatic heterocycles. The molecule has 3 nitrogen and oxygen atoms in total. The maximum atomic E-state index is 5.47. The number of fused-ring (bicyclic) bond motifs is 3. The molecule has 3 rings (SSSR count). The first-order valence-corrected chi connectivity index (χ1v) is 5.59. The Morgan fingerprint density at radius 1 is 1.12 bits per heavy atom. The Morgan fingerprint density at radius 3 is 2.71 bits per heavy atom. The number of benzene rings is 1. The van der Waals surface area contributed by atoms with E-state index in [9.17, 15) is 0 Å². The Labute approximate surface area is 99.6 Å². The number of rotatable bonds is 1. The van der Waals surface area contributed by atoms with Gasteiger partial charge in [0, 0.05) is 24.0 Å². The molecule has 0 fully saturated rings. The van der Waals surface area contributed by atoms with Crippen LogP contribution in [0.15, 0.2) is 30.6 Å². The average Bonchev–Trinajstić information content (AvgIpc) is 2.65. The number of ether oxygens (including phenoxy) is 1. The highest BCUT2D eigenvalue weighted by atomic mass is 16.5. The zero-order valence-corrected chi connectivity index (χ0v) is 10.2. The molecule has 0 saturated heterocycles. The Balaban J connectivity index is 2.66. The van der Waals surface area contributed by atoms with Gasteiger partial charge in [0.2, 0.25) is 0 Å². The van der Waals surface area contributed by atoms with E-state index in [1.54, 1.807) is 7.11 Å². The van der Waals surface area contributed by atoms with Crippen LogP contribution < -0.4 is 4.74 Å². The van der Waals surface area contributed by atoms with E-state index in [0.717, 1.165) is 11.3 Å². The molecule has 0 saturated carbocycles. The smallest absolute Gasteiger partial charge is 0.128 e. The number of pyridine rings is 1. The topological polar surface area (TPSA) is 27.1 Å². The molecule has 86 valence electrons. The molecule has 0 unspecified atom stereocenters. The average molecular weight is 226 g/mol. The summed E-state index contributed by atoms with van der Waals surface area (Å²) >= 11 is 0. The maximum Gasteiger partial charge on any atom is 0.128 e. The molecular formula is C14H14N2O. The van der Waals surface area contributed by atoms with Gasteiger partial charge < -0.3 is 9.30 Å². The van der Waals surface area contributed by atoms with Crippen LogP contribution in [0.4, 0.5) is 0 Å². The summed E-state index contributed by atoms with van der Waals surface area (Å²) in [5.74, 6) is 0.919. The third-order valence-corrected chi connectivity index (χ3v) is 3.31. The quantitative estimate of drug-likeness (QED) is 0.637. The molecule has 0 bridgehead atoms. The van der Waals surface area contributed by atoms with Gasteiger partial charge in [0.1, 0.15) is 5.75 Å². The Morgan fingerprint density at radius 2 is 1.94 bits per heavy atom. The SMILES string of the molecule is COc1cccc2c1c1c(C)cncc1n2C. The largest absolute Gasteiger partial charge is 0.496 e. The van der Waals surface area contributed by atoms with E-state index in [-0.39, 0.29) is 0 Å². The lowest BCUT2D eigenvalue weighted by atomic mass is 10.1. The molecule has 0 atom stereocenters. The minimum absolute atomic E-state index is 0.919. The summed E-state index contributed by atoms with van der Waals surface area (Å²) in [6, 6.07) is 6.13. The molecule has 0 aliphatic rings. The predicted octanol–water partition coefficient (Wildman–Crippen LogP) is 3.04. The van der Waals surface area contributed by atoms with Crippen LogP contribution in [0.3, 0.4) is 0 Å². The Kier molecular flexibility index (Phi) is 2.08. The highest BCUT2D eigenvalue weighted by Crippen LogP contribution is 2.35. The van der Waals surface area contributed by atoms with Crippen molar-refractivity contribution in [2.24, 2.45) is 7.05 Å². The van der Waals surface area contributed by atoms with E-state index in [0.29, 0.717) is 0 Å². The van der Waals surface area contributed by atoms with Gasteiger partial charge in [0.25, 0.3) is 0 Å². The molecule has 2 heterocycles.